The quantitative estimate of drug-likeness (QED) is 0.867. The first kappa shape index (κ1) is 16.1. The van der Waals surface area contributed by atoms with Gasteiger partial charge in [0.1, 0.15) is 11.0 Å². The third-order valence-electron chi connectivity index (χ3n) is 4.27. The van der Waals surface area contributed by atoms with Gasteiger partial charge in [-0.1, -0.05) is 42.8 Å². The Bertz CT molecular complexity index is 704. The van der Waals surface area contributed by atoms with E-state index in [-0.39, 0.29) is 11.9 Å². The van der Waals surface area contributed by atoms with Crippen molar-refractivity contribution >= 4 is 34.1 Å². The summed E-state index contributed by atoms with van der Waals surface area (Å²) in [6.07, 6.45) is 3.54. The highest BCUT2D eigenvalue weighted by molar-refractivity contribution is 6.34. The Labute approximate surface area is 141 Å². The molecule has 4 nitrogen and oxygen atoms in total. The van der Waals surface area contributed by atoms with Gasteiger partial charge >= 0.3 is 0 Å². The molecule has 1 aliphatic heterocycles. The maximum Gasteiger partial charge on any atom is 0.220 e. The van der Waals surface area contributed by atoms with Gasteiger partial charge in [0.05, 0.1) is 0 Å². The molecule has 1 saturated heterocycles. The van der Waals surface area contributed by atoms with E-state index in [0.717, 1.165) is 48.9 Å². The van der Waals surface area contributed by atoms with Crippen molar-refractivity contribution in [3.63, 3.8) is 0 Å². The standard InChI is InChI=1S/C18H22ClN3O/c1-2-6-17(23)20-14-8-5-10-22(12-14)16-11-13-7-3-4-9-15(13)18(19)21-16/h3-4,7,9,11,14H,2,5-6,8,10,12H2,1H3,(H,20,23). The number of rotatable bonds is 4. The van der Waals surface area contributed by atoms with E-state index >= 15 is 0 Å². The fraction of sp³-hybridized carbons (Fsp3) is 0.444. The predicted octanol–water partition coefficient (Wildman–Crippen LogP) is 3.77. The lowest BCUT2D eigenvalue weighted by Gasteiger charge is -2.34. The number of fused-ring (bicyclic) bond motifs is 1. The maximum absolute atomic E-state index is 11.8. The van der Waals surface area contributed by atoms with E-state index in [1.54, 1.807) is 0 Å². The maximum atomic E-state index is 11.8. The van der Waals surface area contributed by atoms with Crippen molar-refractivity contribution in [1.29, 1.82) is 0 Å². The van der Waals surface area contributed by atoms with E-state index in [1.807, 2.05) is 25.1 Å². The summed E-state index contributed by atoms with van der Waals surface area (Å²) in [6, 6.07) is 10.3. The Hall–Kier alpha value is -1.81. The molecule has 2 heterocycles. The Morgan fingerprint density at radius 3 is 3.09 bits per heavy atom. The molecule has 1 aromatic heterocycles. The molecule has 1 amide bonds. The molecule has 0 saturated carbocycles. The minimum atomic E-state index is 0.142. The molecule has 1 unspecified atom stereocenters. The molecule has 23 heavy (non-hydrogen) atoms. The van der Waals surface area contributed by atoms with Crippen LogP contribution in [-0.4, -0.2) is 30.0 Å². The Morgan fingerprint density at radius 2 is 2.26 bits per heavy atom. The number of pyridine rings is 1. The van der Waals surface area contributed by atoms with Gasteiger partial charge in [0.2, 0.25) is 5.91 Å². The molecule has 1 aliphatic rings. The lowest BCUT2D eigenvalue weighted by atomic mass is 10.0. The van der Waals surface area contributed by atoms with Gasteiger partial charge in [-0.15, -0.1) is 0 Å². The van der Waals surface area contributed by atoms with E-state index in [2.05, 4.69) is 27.3 Å². The van der Waals surface area contributed by atoms with E-state index in [9.17, 15) is 4.79 Å². The fourth-order valence-corrected chi connectivity index (χ4v) is 3.39. The van der Waals surface area contributed by atoms with Gasteiger partial charge < -0.3 is 10.2 Å². The van der Waals surface area contributed by atoms with Crippen molar-refractivity contribution in [2.75, 3.05) is 18.0 Å². The molecular formula is C18H22ClN3O. The highest BCUT2D eigenvalue weighted by Crippen LogP contribution is 2.27. The fourth-order valence-electron chi connectivity index (χ4n) is 3.13. The molecule has 1 N–H and O–H groups in total. The molecule has 2 aromatic rings. The van der Waals surface area contributed by atoms with Crippen molar-refractivity contribution in [2.45, 2.75) is 38.6 Å². The summed E-state index contributed by atoms with van der Waals surface area (Å²) < 4.78 is 0. The molecule has 0 spiro atoms. The van der Waals surface area contributed by atoms with Crippen LogP contribution in [0.4, 0.5) is 5.82 Å². The van der Waals surface area contributed by atoms with E-state index in [1.165, 1.54) is 0 Å². The number of hydrogen-bond acceptors (Lipinski definition) is 3. The summed E-state index contributed by atoms with van der Waals surface area (Å²) in [6.45, 7) is 3.76. The number of carbonyl (C=O) groups is 1. The zero-order valence-corrected chi connectivity index (χ0v) is 14.1. The number of carbonyl (C=O) groups excluding carboxylic acids is 1. The van der Waals surface area contributed by atoms with Crippen LogP contribution in [-0.2, 0) is 4.79 Å². The molecule has 0 radical (unpaired) electrons. The topological polar surface area (TPSA) is 45.2 Å². The van der Waals surface area contributed by atoms with Crippen molar-refractivity contribution < 1.29 is 4.79 Å². The zero-order valence-electron chi connectivity index (χ0n) is 13.4. The SMILES string of the molecule is CCCC(=O)NC1CCCN(c2cc3ccccc3c(Cl)n2)C1. The Kier molecular flexibility index (Phi) is 5.01. The highest BCUT2D eigenvalue weighted by atomic mass is 35.5. The van der Waals surface area contributed by atoms with Gasteiger partial charge in [-0.25, -0.2) is 4.98 Å². The molecule has 122 valence electrons. The number of piperidine rings is 1. The molecule has 0 bridgehead atoms. The Morgan fingerprint density at radius 1 is 1.43 bits per heavy atom. The average Bonchev–Trinajstić information content (AvgIpc) is 2.55. The first-order valence-corrected chi connectivity index (χ1v) is 8.64. The first-order valence-electron chi connectivity index (χ1n) is 8.27. The summed E-state index contributed by atoms with van der Waals surface area (Å²) in [5, 5.41) is 5.74. The lowest BCUT2D eigenvalue weighted by molar-refractivity contribution is -0.121. The van der Waals surface area contributed by atoms with Crippen LogP contribution in [0.1, 0.15) is 32.6 Å². The lowest BCUT2D eigenvalue weighted by Crippen LogP contribution is -2.48. The molecule has 5 heteroatoms. The second kappa shape index (κ2) is 7.18. The predicted molar refractivity (Wildman–Crippen MR) is 95.0 cm³/mol. The average molecular weight is 332 g/mol. The minimum Gasteiger partial charge on any atom is -0.354 e. The molecule has 0 aliphatic carbocycles. The van der Waals surface area contributed by atoms with Crippen LogP contribution in [0.5, 0.6) is 0 Å². The molecular weight excluding hydrogens is 310 g/mol. The molecule has 3 rings (SSSR count). The number of anilines is 1. The highest BCUT2D eigenvalue weighted by Gasteiger charge is 2.22. The number of hydrogen-bond donors (Lipinski definition) is 1. The van der Waals surface area contributed by atoms with Gasteiger partial charge in [-0.05, 0) is 30.7 Å². The second-order valence-electron chi connectivity index (χ2n) is 6.10. The van der Waals surface area contributed by atoms with Crippen LogP contribution in [0.3, 0.4) is 0 Å². The van der Waals surface area contributed by atoms with E-state index < -0.39 is 0 Å². The summed E-state index contributed by atoms with van der Waals surface area (Å²) in [5.74, 6) is 1.03. The summed E-state index contributed by atoms with van der Waals surface area (Å²) in [4.78, 5) is 18.6. The van der Waals surface area contributed by atoms with Crippen molar-refractivity contribution in [2.24, 2.45) is 0 Å². The monoisotopic (exact) mass is 331 g/mol. The van der Waals surface area contributed by atoms with Crippen LogP contribution in [0.2, 0.25) is 5.15 Å². The summed E-state index contributed by atoms with van der Waals surface area (Å²) in [7, 11) is 0. The Balaban J connectivity index is 1.77. The van der Waals surface area contributed by atoms with Crippen LogP contribution >= 0.6 is 11.6 Å². The van der Waals surface area contributed by atoms with Crippen molar-refractivity contribution in [3.05, 3.63) is 35.5 Å². The van der Waals surface area contributed by atoms with Crippen molar-refractivity contribution in [3.8, 4) is 0 Å². The third-order valence-corrected chi connectivity index (χ3v) is 4.56. The number of aromatic nitrogens is 1. The van der Waals surface area contributed by atoms with Gasteiger partial charge in [0, 0.05) is 30.9 Å². The van der Waals surface area contributed by atoms with Crippen molar-refractivity contribution in [1.82, 2.24) is 10.3 Å². The number of benzene rings is 1. The van der Waals surface area contributed by atoms with Gasteiger partial charge in [-0.2, -0.15) is 0 Å². The van der Waals surface area contributed by atoms with E-state index in [4.69, 9.17) is 11.6 Å². The second-order valence-corrected chi connectivity index (χ2v) is 6.45. The number of nitrogens with one attached hydrogen (secondary N) is 1. The first-order chi connectivity index (χ1) is 11.2. The van der Waals surface area contributed by atoms with Crippen LogP contribution < -0.4 is 10.2 Å². The van der Waals surface area contributed by atoms with Crippen LogP contribution in [0.15, 0.2) is 30.3 Å². The zero-order chi connectivity index (χ0) is 16.2. The number of amides is 1. The van der Waals surface area contributed by atoms with Gasteiger partial charge in [-0.3, -0.25) is 4.79 Å². The molecule has 1 atom stereocenters. The largest absolute Gasteiger partial charge is 0.354 e. The normalized spacial score (nSPS) is 18.2. The van der Waals surface area contributed by atoms with Crippen LogP contribution in [0, 0.1) is 0 Å². The van der Waals surface area contributed by atoms with Gasteiger partial charge in [0.25, 0.3) is 0 Å². The number of nitrogens with zero attached hydrogens (tertiary/aromatic N) is 2. The molecule has 1 fully saturated rings. The van der Waals surface area contributed by atoms with Gasteiger partial charge in [0.15, 0.2) is 0 Å². The summed E-state index contributed by atoms with van der Waals surface area (Å²) in [5.41, 5.74) is 0. The van der Waals surface area contributed by atoms with Crippen LogP contribution in [0.25, 0.3) is 10.8 Å². The number of halogens is 1. The third kappa shape index (κ3) is 3.75. The smallest absolute Gasteiger partial charge is 0.220 e. The summed E-state index contributed by atoms with van der Waals surface area (Å²) >= 11 is 6.34. The minimum absolute atomic E-state index is 0.142. The molecule has 1 aromatic carbocycles. The van der Waals surface area contributed by atoms with E-state index in [0.29, 0.717) is 11.6 Å².